The van der Waals surface area contributed by atoms with E-state index in [2.05, 4.69) is 62.2 Å². The Morgan fingerprint density at radius 2 is 2.35 bits per heavy atom. The van der Waals surface area contributed by atoms with Gasteiger partial charge in [-0.1, -0.05) is 12.1 Å². The van der Waals surface area contributed by atoms with Crippen LogP contribution in [0.15, 0.2) is 43.1 Å². The van der Waals surface area contributed by atoms with Crippen LogP contribution in [0.5, 0.6) is 0 Å². The molecule has 4 heteroatoms. The van der Waals surface area contributed by atoms with Gasteiger partial charge in [-0.15, -0.1) is 6.58 Å². The van der Waals surface area contributed by atoms with E-state index in [-0.39, 0.29) is 0 Å². The van der Waals surface area contributed by atoms with Gasteiger partial charge >= 0.3 is 0 Å². The first-order valence-corrected chi connectivity index (χ1v) is 6.45. The number of imidazole rings is 1. The van der Waals surface area contributed by atoms with E-state index in [1.165, 1.54) is 3.57 Å². The molecule has 0 spiro atoms. The summed E-state index contributed by atoms with van der Waals surface area (Å²) in [5, 5.41) is 3.23. The molecule has 0 fully saturated rings. The molecule has 0 saturated heterocycles. The maximum Gasteiger partial charge on any atom is 0.207 e. The number of aryl methyl sites for hydroxylation is 1. The second kappa shape index (κ2) is 5.35. The number of halogens is 1. The van der Waals surface area contributed by atoms with Crippen LogP contribution in [0.3, 0.4) is 0 Å². The minimum atomic E-state index is 0.709. The highest BCUT2D eigenvalue weighted by molar-refractivity contribution is 14.1. The monoisotopic (exact) mass is 339 g/mol. The molecule has 0 radical (unpaired) electrons. The van der Waals surface area contributed by atoms with Gasteiger partial charge in [0.25, 0.3) is 0 Å². The summed E-state index contributed by atoms with van der Waals surface area (Å²) in [6, 6.07) is 8.32. The lowest BCUT2D eigenvalue weighted by Crippen LogP contribution is -2.05. The van der Waals surface area contributed by atoms with Crippen LogP contribution in [0.2, 0.25) is 0 Å². The Labute approximate surface area is 115 Å². The van der Waals surface area contributed by atoms with Crippen LogP contribution in [0, 0.1) is 10.5 Å². The Hall–Kier alpha value is -1.30. The van der Waals surface area contributed by atoms with E-state index in [1.54, 1.807) is 0 Å². The van der Waals surface area contributed by atoms with Crippen molar-refractivity contribution in [3.05, 3.63) is 52.4 Å². The van der Waals surface area contributed by atoms with E-state index in [4.69, 9.17) is 0 Å². The van der Waals surface area contributed by atoms with Gasteiger partial charge in [0.05, 0.1) is 5.69 Å². The van der Waals surface area contributed by atoms with Gasteiger partial charge in [0.15, 0.2) is 0 Å². The highest BCUT2D eigenvalue weighted by Crippen LogP contribution is 2.18. The number of benzene rings is 1. The standard InChI is InChI=1S/C13H14IN3/c1-3-7-15-13-16-10(2)9-17(13)12-6-4-5-11(14)8-12/h3-6,8-9H,1,7H2,2H3,(H,15,16). The molecule has 1 aromatic carbocycles. The van der Waals surface area contributed by atoms with E-state index >= 15 is 0 Å². The zero-order valence-corrected chi connectivity index (χ0v) is 11.8. The molecule has 2 aromatic rings. The van der Waals surface area contributed by atoms with Crippen molar-refractivity contribution in [2.45, 2.75) is 6.92 Å². The fourth-order valence-corrected chi connectivity index (χ4v) is 2.14. The normalized spacial score (nSPS) is 10.2. The first-order chi connectivity index (χ1) is 8.20. The van der Waals surface area contributed by atoms with Crippen LogP contribution < -0.4 is 5.32 Å². The van der Waals surface area contributed by atoms with Crippen molar-refractivity contribution < 1.29 is 0 Å². The summed E-state index contributed by atoms with van der Waals surface area (Å²) in [5.41, 5.74) is 2.11. The molecule has 0 amide bonds. The SMILES string of the molecule is C=CCNc1nc(C)cn1-c1cccc(I)c1. The van der Waals surface area contributed by atoms with Crippen molar-refractivity contribution in [2.24, 2.45) is 0 Å². The Balaban J connectivity index is 2.40. The van der Waals surface area contributed by atoms with Crippen molar-refractivity contribution in [3.63, 3.8) is 0 Å². The Bertz CT molecular complexity index is 531. The second-order valence-electron chi connectivity index (χ2n) is 3.73. The Morgan fingerprint density at radius 1 is 1.53 bits per heavy atom. The van der Waals surface area contributed by atoms with Gasteiger partial charge in [0.2, 0.25) is 5.95 Å². The van der Waals surface area contributed by atoms with Gasteiger partial charge in [0, 0.05) is 22.0 Å². The summed E-state index contributed by atoms with van der Waals surface area (Å²) in [4.78, 5) is 4.46. The van der Waals surface area contributed by atoms with Crippen LogP contribution >= 0.6 is 22.6 Å². The van der Waals surface area contributed by atoms with Crippen molar-refractivity contribution in [1.29, 1.82) is 0 Å². The molecule has 17 heavy (non-hydrogen) atoms. The number of aromatic nitrogens is 2. The van der Waals surface area contributed by atoms with Crippen molar-refractivity contribution in [3.8, 4) is 5.69 Å². The topological polar surface area (TPSA) is 29.9 Å². The average molecular weight is 339 g/mol. The molecule has 3 nitrogen and oxygen atoms in total. The molecule has 0 aliphatic rings. The molecule has 0 unspecified atom stereocenters. The molecule has 1 heterocycles. The summed E-state index contributed by atoms with van der Waals surface area (Å²) in [6.07, 6.45) is 3.85. The van der Waals surface area contributed by atoms with Gasteiger partial charge in [-0.25, -0.2) is 4.98 Å². The van der Waals surface area contributed by atoms with Crippen molar-refractivity contribution in [2.75, 3.05) is 11.9 Å². The number of rotatable bonds is 4. The molecule has 0 atom stereocenters. The number of hydrogen-bond donors (Lipinski definition) is 1. The smallest absolute Gasteiger partial charge is 0.207 e. The van der Waals surface area contributed by atoms with E-state index in [9.17, 15) is 0 Å². The van der Waals surface area contributed by atoms with E-state index < -0.39 is 0 Å². The molecule has 0 bridgehead atoms. The maximum absolute atomic E-state index is 4.46. The quantitative estimate of drug-likeness (QED) is 0.684. The molecule has 0 aliphatic heterocycles. The van der Waals surface area contributed by atoms with E-state index in [0.717, 1.165) is 17.3 Å². The second-order valence-corrected chi connectivity index (χ2v) is 4.97. The minimum Gasteiger partial charge on any atom is -0.352 e. The van der Waals surface area contributed by atoms with Gasteiger partial charge in [-0.3, -0.25) is 4.57 Å². The predicted octanol–water partition coefficient (Wildman–Crippen LogP) is 3.38. The lowest BCUT2D eigenvalue weighted by molar-refractivity contribution is 1.04. The molecule has 1 aromatic heterocycles. The molecule has 88 valence electrons. The van der Waals surface area contributed by atoms with Gasteiger partial charge < -0.3 is 5.32 Å². The summed E-state index contributed by atoms with van der Waals surface area (Å²) < 4.78 is 3.27. The fraction of sp³-hybridized carbons (Fsp3) is 0.154. The van der Waals surface area contributed by atoms with Crippen LogP contribution in [0.4, 0.5) is 5.95 Å². The maximum atomic E-state index is 4.46. The van der Waals surface area contributed by atoms with E-state index in [0.29, 0.717) is 6.54 Å². The fourth-order valence-electron chi connectivity index (χ4n) is 1.61. The first kappa shape index (κ1) is 12.2. The summed E-state index contributed by atoms with van der Waals surface area (Å²) in [7, 11) is 0. The molecule has 1 N–H and O–H groups in total. The average Bonchev–Trinajstić information content (AvgIpc) is 2.68. The highest BCUT2D eigenvalue weighted by atomic mass is 127. The van der Waals surface area contributed by atoms with Gasteiger partial charge in [-0.2, -0.15) is 0 Å². The lowest BCUT2D eigenvalue weighted by atomic mass is 10.3. The summed E-state index contributed by atoms with van der Waals surface area (Å²) in [5.74, 6) is 0.851. The molecular weight excluding hydrogens is 325 g/mol. The number of anilines is 1. The summed E-state index contributed by atoms with van der Waals surface area (Å²) in [6.45, 7) is 6.40. The first-order valence-electron chi connectivity index (χ1n) is 5.37. The Kier molecular flexibility index (Phi) is 3.83. The lowest BCUT2D eigenvalue weighted by Gasteiger charge is -2.08. The Morgan fingerprint density at radius 3 is 3.06 bits per heavy atom. The molecular formula is C13H14IN3. The van der Waals surface area contributed by atoms with Crippen LogP contribution in [0.1, 0.15) is 5.69 Å². The zero-order chi connectivity index (χ0) is 12.3. The predicted molar refractivity (Wildman–Crippen MR) is 79.7 cm³/mol. The molecule has 0 aliphatic carbocycles. The zero-order valence-electron chi connectivity index (χ0n) is 9.65. The number of nitrogens with zero attached hydrogens (tertiary/aromatic N) is 2. The van der Waals surface area contributed by atoms with Crippen molar-refractivity contribution >= 4 is 28.5 Å². The number of hydrogen-bond acceptors (Lipinski definition) is 2. The van der Waals surface area contributed by atoms with Crippen molar-refractivity contribution in [1.82, 2.24) is 9.55 Å². The highest BCUT2D eigenvalue weighted by Gasteiger charge is 2.06. The van der Waals surface area contributed by atoms with Crippen LogP contribution in [-0.4, -0.2) is 16.1 Å². The summed E-state index contributed by atoms with van der Waals surface area (Å²) >= 11 is 2.31. The third-order valence-electron chi connectivity index (χ3n) is 2.32. The minimum absolute atomic E-state index is 0.709. The third-order valence-corrected chi connectivity index (χ3v) is 2.99. The molecule has 2 rings (SSSR count). The molecule has 0 saturated carbocycles. The van der Waals surface area contributed by atoms with Gasteiger partial charge in [0.1, 0.15) is 0 Å². The third kappa shape index (κ3) is 2.88. The van der Waals surface area contributed by atoms with Gasteiger partial charge in [-0.05, 0) is 47.7 Å². The largest absolute Gasteiger partial charge is 0.352 e. The van der Waals surface area contributed by atoms with Crippen LogP contribution in [0.25, 0.3) is 5.69 Å². The number of nitrogens with one attached hydrogen (secondary N) is 1. The van der Waals surface area contributed by atoms with E-state index in [1.807, 2.05) is 25.3 Å². The van der Waals surface area contributed by atoms with Crippen LogP contribution in [-0.2, 0) is 0 Å².